The summed E-state index contributed by atoms with van der Waals surface area (Å²) in [6.45, 7) is 2.08. The largest absolute Gasteiger partial charge is 0.497 e. The fourth-order valence-corrected chi connectivity index (χ4v) is 2.02. The summed E-state index contributed by atoms with van der Waals surface area (Å²) >= 11 is 0. The smallest absolute Gasteiger partial charge is 0.119 e. The molecule has 17 heavy (non-hydrogen) atoms. The summed E-state index contributed by atoms with van der Waals surface area (Å²) in [5.41, 5.74) is 0.990. The van der Waals surface area contributed by atoms with Crippen LogP contribution in [0.1, 0.15) is 31.4 Å². The van der Waals surface area contributed by atoms with Crippen LogP contribution < -0.4 is 4.74 Å². The average molecular weight is 230 g/mol. The summed E-state index contributed by atoms with van der Waals surface area (Å²) in [6, 6.07) is 12.0. The molecule has 0 aliphatic heterocycles. The molecule has 0 spiro atoms. The molecule has 0 saturated carbocycles. The van der Waals surface area contributed by atoms with Crippen molar-refractivity contribution >= 4 is 10.8 Å². The van der Waals surface area contributed by atoms with Crippen molar-refractivity contribution in [2.45, 2.75) is 25.9 Å². The van der Waals surface area contributed by atoms with E-state index < -0.39 is 0 Å². The van der Waals surface area contributed by atoms with Crippen molar-refractivity contribution in [2.75, 3.05) is 7.11 Å². The molecule has 0 aromatic heterocycles. The molecule has 0 amide bonds. The number of hydrogen-bond donors (Lipinski definition) is 1. The van der Waals surface area contributed by atoms with E-state index >= 15 is 0 Å². The van der Waals surface area contributed by atoms with Crippen LogP contribution in [-0.4, -0.2) is 12.2 Å². The van der Waals surface area contributed by atoms with Crippen LogP contribution in [0.25, 0.3) is 10.8 Å². The van der Waals surface area contributed by atoms with Gasteiger partial charge < -0.3 is 9.84 Å². The van der Waals surface area contributed by atoms with E-state index in [-0.39, 0.29) is 6.10 Å². The number of hydrogen-bond acceptors (Lipinski definition) is 2. The second-order valence-corrected chi connectivity index (χ2v) is 4.28. The molecule has 0 fully saturated rings. The Labute approximate surface area is 102 Å². The quantitative estimate of drug-likeness (QED) is 0.868. The summed E-state index contributed by atoms with van der Waals surface area (Å²) in [4.78, 5) is 0. The van der Waals surface area contributed by atoms with Crippen molar-refractivity contribution in [1.29, 1.82) is 0 Å². The highest BCUT2D eigenvalue weighted by molar-refractivity contribution is 5.84. The first-order valence-corrected chi connectivity index (χ1v) is 6.00. The zero-order valence-electron chi connectivity index (χ0n) is 10.3. The Hall–Kier alpha value is -1.54. The molecular weight excluding hydrogens is 212 g/mol. The highest BCUT2D eigenvalue weighted by Crippen LogP contribution is 2.25. The van der Waals surface area contributed by atoms with Crippen LogP contribution in [0, 0.1) is 0 Å². The van der Waals surface area contributed by atoms with E-state index in [0.29, 0.717) is 0 Å². The summed E-state index contributed by atoms with van der Waals surface area (Å²) in [6.07, 6.45) is 1.44. The Morgan fingerprint density at radius 1 is 1.12 bits per heavy atom. The predicted octanol–water partition coefficient (Wildman–Crippen LogP) is 3.68. The monoisotopic (exact) mass is 230 g/mol. The average Bonchev–Trinajstić information content (AvgIpc) is 2.37. The van der Waals surface area contributed by atoms with Crippen LogP contribution in [0.4, 0.5) is 0 Å². The Kier molecular flexibility index (Phi) is 3.64. The maximum Gasteiger partial charge on any atom is 0.119 e. The summed E-state index contributed by atoms with van der Waals surface area (Å²) < 4.78 is 5.19. The second kappa shape index (κ2) is 5.19. The molecule has 0 aliphatic carbocycles. The van der Waals surface area contributed by atoms with Gasteiger partial charge in [-0.3, -0.25) is 0 Å². The zero-order valence-corrected chi connectivity index (χ0v) is 10.3. The third-order valence-corrected chi connectivity index (χ3v) is 3.02. The molecule has 0 radical (unpaired) electrons. The number of methoxy groups -OCH3 is 1. The molecule has 2 nitrogen and oxygen atoms in total. The molecule has 2 aromatic rings. The fraction of sp³-hybridized carbons (Fsp3) is 0.333. The van der Waals surface area contributed by atoms with E-state index in [9.17, 15) is 5.11 Å². The first-order valence-electron chi connectivity index (χ1n) is 6.00. The highest BCUT2D eigenvalue weighted by Gasteiger charge is 2.07. The molecule has 1 atom stereocenters. The van der Waals surface area contributed by atoms with Gasteiger partial charge in [-0.05, 0) is 41.0 Å². The van der Waals surface area contributed by atoms with Gasteiger partial charge in [0.2, 0.25) is 0 Å². The number of aliphatic hydroxyl groups is 1. The SMILES string of the molecule is CCCC(O)c1ccc2cc(OC)ccc2c1. The van der Waals surface area contributed by atoms with Crippen molar-refractivity contribution in [3.05, 3.63) is 42.0 Å². The zero-order chi connectivity index (χ0) is 12.3. The first kappa shape index (κ1) is 11.9. The minimum absolute atomic E-state index is 0.355. The van der Waals surface area contributed by atoms with Gasteiger partial charge in [-0.15, -0.1) is 0 Å². The number of aliphatic hydroxyl groups excluding tert-OH is 1. The lowest BCUT2D eigenvalue weighted by Gasteiger charge is -2.11. The Morgan fingerprint density at radius 3 is 2.53 bits per heavy atom. The van der Waals surface area contributed by atoms with Crippen molar-refractivity contribution in [3.8, 4) is 5.75 Å². The molecule has 2 heteroatoms. The molecule has 0 bridgehead atoms. The van der Waals surface area contributed by atoms with Gasteiger partial charge >= 0.3 is 0 Å². The van der Waals surface area contributed by atoms with Gasteiger partial charge in [0.1, 0.15) is 5.75 Å². The number of ether oxygens (including phenoxy) is 1. The Bertz CT molecular complexity index is 505. The van der Waals surface area contributed by atoms with Crippen molar-refractivity contribution < 1.29 is 9.84 Å². The van der Waals surface area contributed by atoms with Gasteiger partial charge in [0.05, 0.1) is 13.2 Å². The molecule has 2 aromatic carbocycles. The van der Waals surface area contributed by atoms with E-state index in [1.54, 1.807) is 7.11 Å². The molecule has 90 valence electrons. The Balaban J connectivity index is 2.37. The van der Waals surface area contributed by atoms with Gasteiger partial charge in [0, 0.05) is 0 Å². The van der Waals surface area contributed by atoms with Crippen LogP contribution in [0.2, 0.25) is 0 Å². The third-order valence-electron chi connectivity index (χ3n) is 3.02. The molecule has 0 aliphatic rings. The maximum absolute atomic E-state index is 9.96. The first-order chi connectivity index (χ1) is 8.24. The van der Waals surface area contributed by atoms with Gasteiger partial charge in [-0.2, -0.15) is 0 Å². The minimum atomic E-state index is -0.355. The molecule has 1 unspecified atom stereocenters. The van der Waals surface area contributed by atoms with Crippen LogP contribution >= 0.6 is 0 Å². The molecule has 2 rings (SSSR count). The Morgan fingerprint density at radius 2 is 1.82 bits per heavy atom. The van der Waals surface area contributed by atoms with Crippen molar-refractivity contribution in [3.63, 3.8) is 0 Å². The molecule has 0 saturated heterocycles. The second-order valence-electron chi connectivity index (χ2n) is 4.28. The number of benzene rings is 2. The summed E-state index contributed by atoms with van der Waals surface area (Å²) in [5.74, 6) is 0.861. The predicted molar refractivity (Wildman–Crippen MR) is 70.4 cm³/mol. The van der Waals surface area contributed by atoms with E-state index in [1.807, 2.05) is 30.3 Å². The van der Waals surface area contributed by atoms with Gasteiger partial charge in [0.25, 0.3) is 0 Å². The van der Waals surface area contributed by atoms with Crippen molar-refractivity contribution in [2.24, 2.45) is 0 Å². The van der Waals surface area contributed by atoms with Gasteiger partial charge in [0.15, 0.2) is 0 Å². The standard InChI is InChI=1S/C15H18O2/c1-3-4-15(16)13-6-5-12-10-14(17-2)8-7-11(12)9-13/h5-10,15-16H,3-4H2,1-2H3. The van der Waals surface area contributed by atoms with Gasteiger partial charge in [-0.25, -0.2) is 0 Å². The third kappa shape index (κ3) is 2.59. The molecule has 1 N–H and O–H groups in total. The fourth-order valence-electron chi connectivity index (χ4n) is 2.02. The highest BCUT2D eigenvalue weighted by atomic mass is 16.5. The van der Waals surface area contributed by atoms with E-state index in [4.69, 9.17) is 4.74 Å². The van der Waals surface area contributed by atoms with Crippen LogP contribution in [0.3, 0.4) is 0 Å². The summed E-state index contributed by atoms with van der Waals surface area (Å²) in [7, 11) is 1.67. The van der Waals surface area contributed by atoms with Crippen LogP contribution in [-0.2, 0) is 0 Å². The van der Waals surface area contributed by atoms with E-state index in [1.165, 1.54) is 0 Å². The molecular formula is C15H18O2. The van der Waals surface area contributed by atoms with Crippen LogP contribution in [0.15, 0.2) is 36.4 Å². The molecule has 0 heterocycles. The van der Waals surface area contributed by atoms with E-state index in [2.05, 4.69) is 13.0 Å². The van der Waals surface area contributed by atoms with Crippen molar-refractivity contribution in [1.82, 2.24) is 0 Å². The minimum Gasteiger partial charge on any atom is -0.497 e. The lowest BCUT2D eigenvalue weighted by molar-refractivity contribution is 0.166. The topological polar surface area (TPSA) is 29.5 Å². The van der Waals surface area contributed by atoms with E-state index in [0.717, 1.165) is 34.9 Å². The number of rotatable bonds is 4. The van der Waals surface area contributed by atoms with Gasteiger partial charge in [-0.1, -0.05) is 31.5 Å². The number of fused-ring (bicyclic) bond motifs is 1. The normalized spacial score (nSPS) is 12.6. The van der Waals surface area contributed by atoms with Crippen LogP contribution in [0.5, 0.6) is 5.75 Å². The summed E-state index contributed by atoms with van der Waals surface area (Å²) in [5, 5.41) is 12.2. The lowest BCUT2D eigenvalue weighted by atomic mass is 10.0. The lowest BCUT2D eigenvalue weighted by Crippen LogP contribution is -1.96. The maximum atomic E-state index is 9.96.